The van der Waals surface area contributed by atoms with E-state index in [-0.39, 0.29) is 17.0 Å². The van der Waals surface area contributed by atoms with Gasteiger partial charge in [-0.05, 0) is 38.5 Å². The summed E-state index contributed by atoms with van der Waals surface area (Å²) in [5.41, 5.74) is 1.35. The molecule has 2 saturated heterocycles. The summed E-state index contributed by atoms with van der Waals surface area (Å²) in [6, 6.07) is 2.16. The molecule has 41 heavy (non-hydrogen) atoms. The van der Waals surface area contributed by atoms with E-state index in [4.69, 9.17) is 12.2 Å². The first-order valence-corrected chi connectivity index (χ1v) is 16.9. The molecule has 0 spiro atoms. The molecule has 7 nitrogen and oxygen atoms in total. The quantitative estimate of drug-likeness (QED) is 0.119. The number of hydrogen-bond donors (Lipinski definition) is 0. The Morgan fingerprint density at radius 2 is 1.46 bits per heavy atom. The van der Waals surface area contributed by atoms with Crippen molar-refractivity contribution in [2.24, 2.45) is 0 Å². The topological polar surface area (TPSA) is 72.6 Å². The number of piperazine rings is 1. The fourth-order valence-electron chi connectivity index (χ4n) is 5.61. The number of carbonyl (C=O) groups is 1. The first-order chi connectivity index (χ1) is 19.8. The third-order valence-electron chi connectivity index (χ3n) is 8.27. The molecule has 0 saturated carbocycles. The van der Waals surface area contributed by atoms with Crippen molar-refractivity contribution in [1.29, 1.82) is 5.26 Å². The van der Waals surface area contributed by atoms with Crippen LogP contribution in [-0.4, -0.2) is 64.4 Å². The average molecular weight is 600 g/mol. The van der Waals surface area contributed by atoms with Gasteiger partial charge in [-0.2, -0.15) is 5.26 Å². The Labute approximate surface area is 256 Å². The number of aromatic nitrogens is 1. The third kappa shape index (κ3) is 8.92. The van der Waals surface area contributed by atoms with Gasteiger partial charge in [0.05, 0.1) is 4.91 Å². The van der Waals surface area contributed by atoms with Gasteiger partial charge in [0.2, 0.25) is 0 Å². The van der Waals surface area contributed by atoms with Crippen molar-refractivity contribution in [3.8, 4) is 6.07 Å². The zero-order valence-corrected chi connectivity index (χ0v) is 27.3. The third-order valence-corrected chi connectivity index (χ3v) is 9.65. The van der Waals surface area contributed by atoms with Crippen molar-refractivity contribution in [1.82, 2.24) is 14.4 Å². The van der Waals surface area contributed by atoms with Crippen molar-refractivity contribution >= 4 is 46.1 Å². The van der Waals surface area contributed by atoms with Gasteiger partial charge in [-0.3, -0.25) is 19.1 Å². The number of nitriles is 1. The molecule has 1 aromatic heterocycles. The van der Waals surface area contributed by atoms with Crippen molar-refractivity contribution in [3.63, 3.8) is 0 Å². The number of carbonyl (C=O) groups excluding carboxylic acids is 1. The van der Waals surface area contributed by atoms with Crippen LogP contribution in [0.25, 0.3) is 6.08 Å². The van der Waals surface area contributed by atoms with Crippen molar-refractivity contribution in [2.75, 3.05) is 44.7 Å². The monoisotopic (exact) mass is 599 g/mol. The SMILES string of the molecule is CCCCCCCCCCCCN1C(=O)/C(=C/c2c(C)c(C#N)c(=O)n(CCCC)c2N2CCN(C)CC2)SC1=S. The number of nitrogens with zero attached hydrogens (tertiary/aromatic N) is 5. The standard InChI is InChI=1S/C32H49N5O2S2/c1-5-7-9-10-11-12-13-14-15-16-18-37-31(39)28(41-32(37)40)23-26-25(3)27(24-33)30(38)36(17-8-6-2)29(26)35-21-19-34(4)20-22-35/h23H,5-22H2,1-4H3/b28-23-. The summed E-state index contributed by atoms with van der Waals surface area (Å²) >= 11 is 6.98. The Morgan fingerprint density at radius 1 is 0.878 bits per heavy atom. The number of thiocarbonyl (C=S) groups is 1. The first-order valence-electron chi connectivity index (χ1n) is 15.7. The van der Waals surface area contributed by atoms with Crippen molar-refractivity contribution in [2.45, 2.75) is 104 Å². The summed E-state index contributed by atoms with van der Waals surface area (Å²) in [7, 11) is 2.10. The Bertz CT molecular complexity index is 1180. The molecule has 0 N–H and O–H groups in total. The van der Waals surface area contributed by atoms with Crippen LogP contribution in [0.4, 0.5) is 5.82 Å². The second kappa shape index (κ2) is 17.1. The number of thioether (sulfide) groups is 1. The van der Waals surface area contributed by atoms with Crippen LogP contribution in [0.2, 0.25) is 0 Å². The number of unbranched alkanes of at least 4 members (excludes halogenated alkanes) is 10. The zero-order valence-electron chi connectivity index (χ0n) is 25.7. The normalized spacial score (nSPS) is 17.2. The summed E-state index contributed by atoms with van der Waals surface area (Å²) in [5.74, 6) is 0.762. The summed E-state index contributed by atoms with van der Waals surface area (Å²) in [6.07, 6.45) is 16.1. The largest absolute Gasteiger partial charge is 0.355 e. The lowest BCUT2D eigenvalue weighted by Crippen LogP contribution is -2.47. The molecule has 2 aliphatic rings. The van der Waals surface area contributed by atoms with Crippen LogP contribution in [0.15, 0.2) is 9.70 Å². The van der Waals surface area contributed by atoms with Gasteiger partial charge in [0.1, 0.15) is 21.8 Å². The molecule has 0 aliphatic carbocycles. The lowest BCUT2D eigenvalue weighted by atomic mass is 10.0. The minimum atomic E-state index is -0.238. The van der Waals surface area contributed by atoms with Crippen LogP contribution in [0.5, 0.6) is 0 Å². The lowest BCUT2D eigenvalue weighted by Gasteiger charge is -2.36. The molecule has 0 unspecified atom stereocenters. The molecule has 0 bridgehead atoms. The van der Waals surface area contributed by atoms with E-state index >= 15 is 0 Å². The van der Waals surface area contributed by atoms with Gasteiger partial charge in [-0.15, -0.1) is 0 Å². The first kappa shape index (κ1) is 33.4. The predicted molar refractivity (Wildman–Crippen MR) is 176 cm³/mol. The van der Waals surface area contributed by atoms with Gasteiger partial charge in [0, 0.05) is 44.8 Å². The molecular weight excluding hydrogens is 551 g/mol. The molecule has 9 heteroatoms. The number of rotatable bonds is 16. The summed E-state index contributed by atoms with van der Waals surface area (Å²) in [5, 5.41) is 9.92. The van der Waals surface area contributed by atoms with Crippen molar-refractivity contribution in [3.05, 3.63) is 31.9 Å². The molecule has 1 aromatic rings. The number of pyridine rings is 1. The summed E-state index contributed by atoms with van der Waals surface area (Å²) in [4.78, 5) is 33.8. The highest BCUT2D eigenvalue weighted by atomic mass is 32.2. The molecule has 3 rings (SSSR count). The molecule has 2 fully saturated rings. The van der Waals surface area contributed by atoms with E-state index in [9.17, 15) is 14.9 Å². The maximum Gasteiger partial charge on any atom is 0.270 e. The molecule has 1 amide bonds. The Kier molecular flexibility index (Phi) is 13.9. The predicted octanol–water partition coefficient (Wildman–Crippen LogP) is 6.70. The number of amides is 1. The highest BCUT2D eigenvalue weighted by Crippen LogP contribution is 2.36. The molecular formula is C32H49N5O2S2. The second-order valence-corrected chi connectivity index (χ2v) is 13.1. The zero-order chi connectivity index (χ0) is 29.8. The molecule has 0 aromatic carbocycles. The lowest BCUT2D eigenvalue weighted by molar-refractivity contribution is -0.122. The second-order valence-electron chi connectivity index (χ2n) is 11.5. The van der Waals surface area contributed by atoms with E-state index in [1.54, 1.807) is 9.47 Å². The summed E-state index contributed by atoms with van der Waals surface area (Å²) < 4.78 is 2.37. The highest BCUT2D eigenvalue weighted by molar-refractivity contribution is 8.26. The average Bonchev–Trinajstić information content (AvgIpc) is 3.23. The van der Waals surface area contributed by atoms with Crippen LogP contribution in [0, 0.1) is 18.3 Å². The Balaban J connectivity index is 1.77. The van der Waals surface area contributed by atoms with Crippen LogP contribution < -0.4 is 10.5 Å². The molecule has 0 radical (unpaired) electrons. The fourth-order valence-corrected chi connectivity index (χ4v) is 6.90. The smallest absolute Gasteiger partial charge is 0.270 e. The molecule has 3 heterocycles. The van der Waals surface area contributed by atoms with Crippen LogP contribution in [-0.2, 0) is 11.3 Å². The van der Waals surface area contributed by atoms with Crippen LogP contribution in [0.1, 0.15) is 108 Å². The molecule has 0 atom stereocenters. The van der Waals surface area contributed by atoms with E-state index < -0.39 is 0 Å². The molecule has 2 aliphatic heterocycles. The van der Waals surface area contributed by atoms with Crippen LogP contribution >= 0.6 is 24.0 Å². The Hall–Kier alpha value is -2.15. The maximum absolute atomic E-state index is 13.5. The minimum absolute atomic E-state index is 0.0653. The van der Waals surface area contributed by atoms with Gasteiger partial charge in [0.25, 0.3) is 11.5 Å². The number of anilines is 1. The minimum Gasteiger partial charge on any atom is -0.355 e. The van der Waals surface area contributed by atoms with E-state index in [1.807, 2.05) is 13.0 Å². The summed E-state index contributed by atoms with van der Waals surface area (Å²) in [6.45, 7) is 10.7. The van der Waals surface area contributed by atoms with E-state index in [0.29, 0.717) is 27.9 Å². The van der Waals surface area contributed by atoms with Crippen molar-refractivity contribution < 1.29 is 4.79 Å². The van der Waals surface area contributed by atoms with Gasteiger partial charge in [-0.1, -0.05) is 102 Å². The number of hydrogen-bond acceptors (Lipinski definition) is 7. The van der Waals surface area contributed by atoms with Gasteiger partial charge in [-0.25, -0.2) is 0 Å². The van der Waals surface area contributed by atoms with Gasteiger partial charge >= 0.3 is 0 Å². The molecule has 226 valence electrons. The van der Waals surface area contributed by atoms with E-state index in [1.165, 1.54) is 63.1 Å². The van der Waals surface area contributed by atoms with E-state index in [2.05, 4.69) is 36.8 Å². The Morgan fingerprint density at radius 3 is 2.05 bits per heavy atom. The fraction of sp³-hybridized carbons (Fsp3) is 0.688. The number of likely N-dealkylation sites (N-methyl/N-ethyl adjacent to an activating group) is 1. The van der Waals surface area contributed by atoms with Crippen LogP contribution in [0.3, 0.4) is 0 Å². The maximum atomic E-state index is 13.5. The van der Waals surface area contributed by atoms with E-state index in [0.717, 1.165) is 63.2 Å². The van der Waals surface area contributed by atoms with Gasteiger partial charge < -0.3 is 9.80 Å². The highest BCUT2D eigenvalue weighted by Gasteiger charge is 2.33. The van der Waals surface area contributed by atoms with Gasteiger partial charge in [0.15, 0.2) is 0 Å².